The van der Waals surface area contributed by atoms with Gasteiger partial charge in [0.2, 0.25) is 0 Å². The summed E-state index contributed by atoms with van der Waals surface area (Å²) in [5.41, 5.74) is 7.41. The molecule has 0 aromatic heterocycles. The summed E-state index contributed by atoms with van der Waals surface area (Å²) < 4.78 is 0. The van der Waals surface area contributed by atoms with E-state index in [1.54, 1.807) is 0 Å². The number of nitrogens with one attached hydrogen (secondary N) is 1. The second-order valence-corrected chi connectivity index (χ2v) is 5.29. The molecule has 0 radical (unpaired) electrons. The van der Waals surface area contributed by atoms with Gasteiger partial charge in [0.1, 0.15) is 0 Å². The zero-order chi connectivity index (χ0) is 13.3. The van der Waals surface area contributed by atoms with Crippen LogP contribution in [0, 0.1) is 11.8 Å². The van der Waals surface area contributed by atoms with Gasteiger partial charge in [-0.2, -0.15) is 0 Å². The van der Waals surface area contributed by atoms with Crippen LogP contribution < -0.4 is 11.1 Å². The van der Waals surface area contributed by atoms with Crippen molar-refractivity contribution < 1.29 is 0 Å². The first-order valence-electron chi connectivity index (χ1n) is 7.22. The van der Waals surface area contributed by atoms with Crippen molar-refractivity contribution in [2.45, 2.75) is 65.8 Å². The highest BCUT2D eigenvalue weighted by molar-refractivity contribution is 4.91. The summed E-state index contributed by atoms with van der Waals surface area (Å²) in [6, 6.07) is 0.307. The van der Waals surface area contributed by atoms with E-state index in [2.05, 4.69) is 39.6 Å². The smallest absolute Gasteiger partial charge is 0.0184 e. The molecule has 0 aromatic carbocycles. The molecule has 0 aromatic rings. The maximum Gasteiger partial charge on any atom is 0.0184 e. The number of hydrogen-bond acceptors (Lipinski definition) is 2. The Morgan fingerprint density at radius 1 is 1.24 bits per heavy atom. The molecule has 0 aliphatic heterocycles. The molecule has 2 nitrogen and oxygen atoms in total. The lowest BCUT2D eigenvalue weighted by Crippen LogP contribution is -2.36. The van der Waals surface area contributed by atoms with Crippen LogP contribution in [0.1, 0.15) is 59.8 Å². The summed E-state index contributed by atoms with van der Waals surface area (Å²) >= 11 is 0. The average Bonchev–Trinajstić information content (AvgIpc) is 2.32. The lowest BCUT2D eigenvalue weighted by atomic mass is 9.89. The summed E-state index contributed by atoms with van der Waals surface area (Å²) in [5.74, 6) is 1.30. The highest BCUT2D eigenvalue weighted by atomic mass is 14.9. The molecule has 0 saturated carbocycles. The zero-order valence-electron chi connectivity index (χ0n) is 12.3. The molecule has 0 spiro atoms. The molecule has 0 amide bonds. The first-order valence-corrected chi connectivity index (χ1v) is 7.22. The summed E-state index contributed by atoms with van der Waals surface area (Å²) in [6.07, 6.45) is 5.85. The molecule has 0 heterocycles. The van der Waals surface area contributed by atoms with Crippen molar-refractivity contribution in [2.24, 2.45) is 17.6 Å². The van der Waals surface area contributed by atoms with Crippen molar-refractivity contribution in [3.05, 3.63) is 12.3 Å². The van der Waals surface area contributed by atoms with Crippen LogP contribution in [-0.4, -0.2) is 12.6 Å². The Morgan fingerprint density at radius 2 is 1.82 bits per heavy atom. The molecule has 0 aliphatic rings. The van der Waals surface area contributed by atoms with Crippen LogP contribution in [0.4, 0.5) is 0 Å². The van der Waals surface area contributed by atoms with Gasteiger partial charge < -0.3 is 11.1 Å². The molecule has 17 heavy (non-hydrogen) atoms. The third-order valence-corrected chi connectivity index (χ3v) is 3.72. The maximum absolute atomic E-state index is 6.26. The van der Waals surface area contributed by atoms with Crippen LogP contribution in [0.15, 0.2) is 12.3 Å². The van der Waals surface area contributed by atoms with Crippen LogP contribution in [0.5, 0.6) is 0 Å². The van der Waals surface area contributed by atoms with Gasteiger partial charge >= 0.3 is 0 Å². The van der Waals surface area contributed by atoms with E-state index in [0.717, 1.165) is 37.4 Å². The van der Waals surface area contributed by atoms with Crippen molar-refractivity contribution >= 4 is 0 Å². The molecule has 0 saturated heterocycles. The van der Waals surface area contributed by atoms with E-state index in [-0.39, 0.29) is 0 Å². The van der Waals surface area contributed by atoms with Crippen molar-refractivity contribution in [2.75, 3.05) is 6.54 Å². The average molecular weight is 240 g/mol. The van der Waals surface area contributed by atoms with Gasteiger partial charge in [0.15, 0.2) is 0 Å². The van der Waals surface area contributed by atoms with Crippen LogP contribution in [-0.2, 0) is 0 Å². The lowest BCUT2D eigenvalue weighted by molar-refractivity contribution is 0.338. The normalized spacial score (nSPS) is 14.7. The highest BCUT2D eigenvalue weighted by Crippen LogP contribution is 2.17. The van der Waals surface area contributed by atoms with Crippen molar-refractivity contribution in [3.8, 4) is 0 Å². The number of nitrogens with two attached hydrogens (primary N) is 1. The molecule has 0 rings (SSSR count). The Bertz CT molecular complexity index is 197. The summed E-state index contributed by atoms with van der Waals surface area (Å²) in [5, 5.41) is 3.40. The van der Waals surface area contributed by atoms with E-state index in [1.807, 2.05) is 0 Å². The van der Waals surface area contributed by atoms with E-state index >= 15 is 0 Å². The Kier molecular flexibility index (Phi) is 9.24. The van der Waals surface area contributed by atoms with E-state index < -0.39 is 0 Å². The summed E-state index contributed by atoms with van der Waals surface area (Å²) in [7, 11) is 0. The van der Waals surface area contributed by atoms with E-state index in [0.29, 0.717) is 12.0 Å². The predicted octanol–water partition coefficient (Wildman–Crippen LogP) is 3.68. The minimum atomic E-state index is 0.307. The van der Waals surface area contributed by atoms with Crippen LogP contribution in [0.2, 0.25) is 0 Å². The van der Waals surface area contributed by atoms with E-state index in [9.17, 15) is 0 Å². The molecule has 0 aliphatic carbocycles. The van der Waals surface area contributed by atoms with Gasteiger partial charge in [0.05, 0.1) is 0 Å². The Morgan fingerprint density at radius 3 is 2.29 bits per heavy atom. The monoisotopic (exact) mass is 240 g/mol. The topological polar surface area (TPSA) is 38.0 Å². The summed E-state index contributed by atoms with van der Waals surface area (Å²) in [6.45, 7) is 13.9. The first-order chi connectivity index (χ1) is 8.04. The third-order valence-electron chi connectivity index (χ3n) is 3.72. The summed E-state index contributed by atoms with van der Waals surface area (Å²) in [4.78, 5) is 0. The molecule has 2 unspecified atom stereocenters. The second-order valence-electron chi connectivity index (χ2n) is 5.29. The maximum atomic E-state index is 6.26. The molecular formula is C15H32N2. The lowest BCUT2D eigenvalue weighted by Gasteiger charge is -2.25. The molecule has 2 heteroatoms. The molecule has 3 N–H and O–H groups in total. The minimum absolute atomic E-state index is 0.307. The van der Waals surface area contributed by atoms with E-state index in [1.165, 1.54) is 12.8 Å². The van der Waals surface area contributed by atoms with Gasteiger partial charge in [-0.25, -0.2) is 0 Å². The Hall–Kier alpha value is -0.500. The third kappa shape index (κ3) is 7.43. The fraction of sp³-hybridized carbons (Fsp3) is 0.867. The number of rotatable bonds is 10. The van der Waals surface area contributed by atoms with Gasteiger partial charge in [-0.1, -0.05) is 53.5 Å². The fourth-order valence-electron chi connectivity index (χ4n) is 2.09. The number of hydrogen-bond donors (Lipinski definition) is 2. The highest BCUT2D eigenvalue weighted by Gasteiger charge is 2.16. The predicted molar refractivity (Wildman–Crippen MR) is 77.9 cm³/mol. The molecule has 2 atom stereocenters. The Balaban J connectivity index is 3.88. The Labute approximate surface area is 108 Å². The fourth-order valence-corrected chi connectivity index (χ4v) is 2.09. The minimum Gasteiger partial charge on any atom is -0.388 e. The zero-order valence-corrected chi connectivity index (χ0v) is 12.3. The van der Waals surface area contributed by atoms with Gasteiger partial charge in [-0.3, -0.25) is 0 Å². The molecular weight excluding hydrogens is 208 g/mol. The van der Waals surface area contributed by atoms with Crippen molar-refractivity contribution in [1.82, 2.24) is 5.32 Å². The second kappa shape index (κ2) is 9.52. The van der Waals surface area contributed by atoms with Crippen LogP contribution >= 0.6 is 0 Å². The molecule has 0 bridgehead atoms. The largest absolute Gasteiger partial charge is 0.388 e. The van der Waals surface area contributed by atoms with Gasteiger partial charge in [0, 0.05) is 18.3 Å². The van der Waals surface area contributed by atoms with Gasteiger partial charge in [0.25, 0.3) is 0 Å². The van der Waals surface area contributed by atoms with Crippen molar-refractivity contribution in [1.29, 1.82) is 0 Å². The molecule has 0 fully saturated rings. The van der Waals surface area contributed by atoms with Crippen molar-refractivity contribution in [3.63, 3.8) is 0 Å². The SMILES string of the molecule is C=C(CCC)NCC(C)C(N)CC(CC)CC. The number of allylic oxidation sites excluding steroid dienone is 1. The van der Waals surface area contributed by atoms with Gasteiger partial charge in [-0.15, -0.1) is 0 Å². The van der Waals surface area contributed by atoms with Crippen LogP contribution in [0.3, 0.4) is 0 Å². The molecule has 102 valence electrons. The quantitative estimate of drug-likeness (QED) is 0.611. The standard InChI is InChI=1S/C15H32N2/c1-6-9-13(5)17-11-12(4)15(16)10-14(7-2)8-3/h12,14-15,17H,5-11,16H2,1-4H3. The van der Waals surface area contributed by atoms with Crippen LogP contribution in [0.25, 0.3) is 0 Å². The van der Waals surface area contributed by atoms with Gasteiger partial charge in [-0.05, 0) is 24.7 Å². The first kappa shape index (κ1) is 16.5. The van der Waals surface area contributed by atoms with E-state index in [4.69, 9.17) is 5.73 Å².